The number of nitrogens with one attached hydrogen (secondary N) is 2. The Morgan fingerprint density at radius 3 is 1.50 bits per heavy atom. The second kappa shape index (κ2) is 18.1. The molecule has 0 unspecified atom stereocenters. The zero-order valence-electron chi connectivity index (χ0n) is 34.0. The van der Waals surface area contributed by atoms with Crippen LogP contribution in [0.25, 0.3) is 0 Å². The van der Waals surface area contributed by atoms with Gasteiger partial charge in [0, 0.05) is 45.0 Å². The van der Waals surface area contributed by atoms with Crippen LogP contribution < -0.4 is 19.9 Å². The lowest BCUT2D eigenvalue weighted by molar-refractivity contribution is 0.175. The standard InChI is InChI=1S/C23H27N3O3S.C13H13NO.C10H14N2O2S/c27-23(24-22-20-10-4-8-17(20)12-18-9-5-11-21(18)22)25-30(28,29)19-14-26(15-19)13-16-6-2-1-3-7-16;14-8-15-13-11-5-1-3-9(11)7-10-4-2-6-12(10)13;11-15(13,14)10-7-12(8-10)6-9-4-2-1-3-5-9/h1-3,6-7,12,19H,4-5,8-11,13-15H2,(H2,24,25,27);7H,1-6H2;1-5,10H,6-8H2,(H2,11,13,14). The van der Waals surface area contributed by atoms with Crippen molar-refractivity contribution in [2.45, 2.75) is 101 Å². The molecule has 14 heteroatoms. The SMILES string of the molecule is N#COc1c2c(cc3c1CCC3)CCC2.NS(=O)(=O)C1CN(Cc2ccccc2)C1.O=C(Nc1c2c(cc3c1CCC3)CCC2)NS(=O)(=O)C1CN(Cc2ccccc2)C1. The van der Waals surface area contributed by atoms with Gasteiger partial charge in [0.2, 0.25) is 20.0 Å². The number of nitrogens with zero attached hydrogens (tertiary/aromatic N) is 3. The Kier molecular flexibility index (Phi) is 12.6. The molecule has 0 spiro atoms. The maximum Gasteiger partial charge on any atom is 0.332 e. The number of hydrogen-bond acceptors (Lipinski definition) is 9. The van der Waals surface area contributed by atoms with Gasteiger partial charge in [-0.15, -0.1) is 5.26 Å². The van der Waals surface area contributed by atoms with Gasteiger partial charge in [-0.3, -0.25) is 9.80 Å². The Balaban J connectivity index is 0.000000139. The molecule has 0 atom stereocenters. The summed E-state index contributed by atoms with van der Waals surface area (Å²) in [6, 6.07) is 24.0. The van der Waals surface area contributed by atoms with Crippen LogP contribution in [0.3, 0.4) is 0 Å². The van der Waals surface area contributed by atoms with Crippen molar-refractivity contribution in [3.05, 3.63) is 128 Å². The number of carbonyl (C=O) groups excluding carboxylic acids is 1. The lowest BCUT2D eigenvalue weighted by Crippen LogP contribution is -2.58. The number of sulfonamides is 2. The third-order valence-electron chi connectivity index (χ3n) is 12.8. The minimum Gasteiger partial charge on any atom is -0.387 e. The predicted octanol–water partition coefficient (Wildman–Crippen LogP) is 5.68. The molecule has 0 saturated carbocycles. The number of urea groups is 1. The second-order valence-electron chi connectivity index (χ2n) is 16.9. The predicted molar refractivity (Wildman–Crippen MR) is 232 cm³/mol. The molecule has 2 amide bonds. The number of nitriles is 1. The van der Waals surface area contributed by atoms with E-state index in [2.05, 4.69) is 32.0 Å². The van der Waals surface area contributed by atoms with E-state index in [1.54, 1.807) is 0 Å². The summed E-state index contributed by atoms with van der Waals surface area (Å²) in [5.74, 6) is 0.903. The first-order valence-electron chi connectivity index (χ1n) is 21.2. The number of primary sulfonamides is 1. The molecule has 2 saturated heterocycles. The van der Waals surface area contributed by atoms with Crippen molar-refractivity contribution in [3.63, 3.8) is 0 Å². The minimum absolute atomic E-state index is 0.374. The Morgan fingerprint density at radius 1 is 0.650 bits per heavy atom. The van der Waals surface area contributed by atoms with Gasteiger partial charge in [-0.1, -0.05) is 72.8 Å². The number of carbonyl (C=O) groups is 1. The van der Waals surface area contributed by atoms with Gasteiger partial charge in [0.15, 0.2) is 0 Å². The molecule has 12 nitrogen and oxygen atoms in total. The number of benzene rings is 4. The molecule has 0 aromatic heterocycles. The zero-order valence-corrected chi connectivity index (χ0v) is 35.6. The molecule has 10 rings (SSSR count). The minimum atomic E-state index is -3.70. The fourth-order valence-electron chi connectivity index (χ4n) is 9.64. The van der Waals surface area contributed by atoms with Crippen molar-refractivity contribution in [3.8, 4) is 12.0 Å². The molecule has 316 valence electrons. The summed E-state index contributed by atoms with van der Waals surface area (Å²) in [5, 5.41) is 15.7. The van der Waals surface area contributed by atoms with Crippen LogP contribution in [0.1, 0.15) is 81.3 Å². The lowest BCUT2D eigenvalue weighted by atomic mass is 9.99. The lowest BCUT2D eigenvalue weighted by Gasteiger charge is -2.38. The molecule has 2 heterocycles. The van der Waals surface area contributed by atoms with Gasteiger partial charge in [-0.25, -0.2) is 31.5 Å². The highest BCUT2D eigenvalue weighted by Crippen LogP contribution is 2.41. The van der Waals surface area contributed by atoms with Gasteiger partial charge in [0.1, 0.15) is 16.2 Å². The Hall–Kier alpha value is -4.78. The molecule has 4 aliphatic carbocycles. The fourth-order valence-corrected chi connectivity index (χ4v) is 11.8. The van der Waals surface area contributed by atoms with E-state index in [1.165, 1.54) is 62.9 Å². The molecule has 6 aliphatic rings. The normalized spacial score (nSPS) is 18.2. The number of hydrogen-bond donors (Lipinski definition) is 3. The van der Waals surface area contributed by atoms with Crippen molar-refractivity contribution in [2.75, 3.05) is 31.5 Å². The van der Waals surface area contributed by atoms with Crippen LogP contribution in [0, 0.1) is 11.5 Å². The number of aryl methyl sites for hydroxylation is 4. The van der Waals surface area contributed by atoms with Crippen LogP contribution in [0.5, 0.6) is 5.75 Å². The fraction of sp³-hybridized carbons (Fsp3) is 0.435. The van der Waals surface area contributed by atoms with Gasteiger partial charge in [-0.05, 0) is 133 Å². The largest absolute Gasteiger partial charge is 0.387 e. The number of amides is 2. The molecule has 2 aliphatic heterocycles. The highest BCUT2D eigenvalue weighted by Gasteiger charge is 2.39. The zero-order chi connectivity index (χ0) is 41.9. The number of ether oxygens (including phenoxy) is 1. The molecule has 0 radical (unpaired) electrons. The Morgan fingerprint density at radius 2 is 1.07 bits per heavy atom. The van der Waals surface area contributed by atoms with Crippen LogP contribution in [0.4, 0.5) is 10.5 Å². The third kappa shape index (κ3) is 9.56. The molecule has 4 aromatic rings. The average molecular weight is 851 g/mol. The summed E-state index contributed by atoms with van der Waals surface area (Å²) in [7, 11) is -7.03. The number of nitrogens with two attached hydrogens (primary N) is 1. The second-order valence-corrected chi connectivity index (χ2v) is 20.7. The molecule has 60 heavy (non-hydrogen) atoms. The maximum absolute atomic E-state index is 12.7. The molecule has 4 aromatic carbocycles. The van der Waals surface area contributed by atoms with Crippen molar-refractivity contribution in [1.29, 1.82) is 5.26 Å². The number of anilines is 1. The van der Waals surface area contributed by atoms with Crippen molar-refractivity contribution in [1.82, 2.24) is 14.5 Å². The summed E-state index contributed by atoms with van der Waals surface area (Å²) in [4.78, 5) is 16.8. The van der Waals surface area contributed by atoms with Crippen molar-refractivity contribution >= 4 is 31.8 Å². The van der Waals surface area contributed by atoms with Gasteiger partial charge in [-0.2, -0.15) is 0 Å². The van der Waals surface area contributed by atoms with Gasteiger partial charge in [0.25, 0.3) is 6.26 Å². The highest BCUT2D eigenvalue weighted by atomic mass is 32.2. The molecule has 4 N–H and O–H groups in total. The van der Waals surface area contributed by atoms with E-state index in [1.807, 2.05) is 66.9 Å². The third-order valence-corrected chi connectivity index (χ3v) is 15.6. The first-order valence-corrected chi connectivity index (χ1v) is 24.4. The van der Waals surface area contributed by atoms with Crippen LogP contribution in [0.15, 0.2) is 72.8 Å². The maximum atomic E-state index is 12.7. The van der Waals surface area contributed by atoms with E-state index >= 15 is 0 Å². The molecule has 2 fully saturated rings. The summed E-state index contributed by atoms with van der Waals surface area (Å²) < 4.78 is 54.8. The van der Waals surface area contributed by atoms with E-state index in [4.69, 9.17) is 15.1 Å². The van der Waals surface area contributed by atoms with Gasteiger partial charge < -0.3 is 10.1 Å². The monoisotopic (exact) mass is 850 g/mol. The topological polar surface area (TPSA) is 175 Å². The molecular formula is C46H54N6O6S2. The van der Waals surface area contributed by atoms with E-state index in [0.29, 0.717) is 26.2 Å². The quantitative estimate of drug-likeness (QED) is 0.179. The molecular weight excluding hydrogens is 797 g/mol. The van der Waals surface area contributed by atoms with Crippen LogP contribution in [-0.4, -0.2) is 69.3 Å². The van der Waals surface area contributed by atoms with Gasteiger partial charge in [0.05, 0.1) is 0 Å². The first-order chi connectivity index (χ1) is 28.9. The van der Waals surface area contributed by atoms with Crippen LogP contribution >= 0.6 is 0 Å². The highest BCUT2D eigenvalue weighted by molar-refractivity contribution is 7.90. The average Bonchev–Trinajstić information content (AvgIpc) is 4.03. The van der Waals surface area contributed by atoms with Crippen molar-refractivity contribution in [2.24, 2.45) is 5.14 Å². The van der Waals surface area contributed by atoms with E-state index in [-0.39, 0.29) is 5.25 Å². The number of rotatable bonds is 9. The van der Waals surface area contributed by atoms with E-state index in [9.17, 15) is 21.6 Å². The number of likely N-dealkylation sites (tertiary alicyclic amines) is 2. The Bertz CT molecular complexity index is 2420. The summed E-state index contributed by atoms with van der Waals surface area (Å²) in [6.07, 6.45) is 14.9. The smallest absolute Gasteiger partial charge is 0.332 e. The Labute approximate surface area is 354 Å². The van der Waals surface area contributed by atoms with E-state index < -0.39 is 31.3 Å². The summed E-state index contributed by atoms with van der Waals surface area (Å²) in [6.45, 7) is 3.50. The van der Waals surface area contributed by atoms with E-state index in [0.717, 1.165) is 94.3 Å². The van der Waals surface area contributed by atoms with Crippen LogP contribution in [-0.2, 0) is 84.5 Å². The molecule has 0 bridgehead atoms. The number of fused-ring (bicyclic) bond motifs is 4. The van der Waals surface area contributed by atoms with Gasteiger partial charge >= 0.3 is 6.03 Å². The summed E-state index contributed by atoms with van der Waals surface area (Å²) >= 11 is 0. The summed E-state index contributed by atoms with van der Waals surface area (Å²) in [5.41, 5.74) is 13.7. The van der Waals surface area contributed by atoms with Crippen LogP contribution in [0.2, 0.25) is 0 Å². The van der Waals surface area contributed by atoms with Crippen molar-refractivity contribution < 1.29 is 26.4 Å². The first kappa shape index (κ1) is 41.9.